The average molecular weight is 250 g/mol. The van der Waals surface area contributed by atoms with E-state index in [1.165, 1.54) is 0 Å². The van der Waals surface area contributed by atoms with E-state index in [2.05, 4.69) is 20.9 Å². The van der Waals surface area contributed by atoms with Crippen molar-refractivity contribution >= 4 is 17.5 Å². The second-order valence-electron chi connectivity index (χ2n) is 4.09. The van der Waals surface area contributed by atoms with Crippen molar-refractivity contribution in [3.8, 4) is 0 Å². The molecule has 0 unspecified atom stereocenters. The first-order valence-electron chi connectivity index (χ1n) is 5.74. The molecule has 0 aliphatic carbocycles. The van der Waals surface area contributed by atoms with Gasteiger partial charge in [-0.2, -0.15) is 0 Å². The Morgan fingerprint density at radius 3 is 2.56 bits per heavy atom. The summed E-state index contributed by atoms with van der Waals surface area (Å²) in [5, 5.41) is 8.10. The minimum atomic E-state index is -0.364. The maximum Gasteiger partial charge on any atom is 0.270 e. The summed E-state index contributed by atoms with van der Waals surface area (Å²) in [7, 11) is 1.77. The van der Waals surface area contributed by atoms with Crippen molar-refractivity contribution in [2.24, 2.45) is 0 Å². The van der Waals surface area contributed by atoms with Crippen LogP contribution < -0.4 is 16.0 Å². The quantitative estimate of drug-likeness (QED) is 0.705. The summed E-state index contributed by atoms with van der Waals surface area (Å²) in [6.07, 6.45) is 1.56. The van der Waals surface area contributed by atoms with Crippen LogP contribution in [0.4, 0.5) is 5.69 Å². The lowest BCUT2D eigenvalue weighted by atomic mass is 10.3. The number of anilines is 1. The predicted octanol–water partition coefficient (Wildman–Crippen LogP) is 0.378. The summed E-state index contributed by atoms with van der Waals surface area (Å²) in [4.78, 5) is 27.0. The van der Waals surface area contributed by atoms with Gasteiger partial charge in [0.15, 0.2) is 0 Å². The number of carbonyl (C=O) groups excluding carboxylic acids is 2. The molecule has 0 saturated heterocycles. The molecule has 6 heteroatoms. The molecule has 0 bridgehead atoms. The molecule has 0 fully saturated rings. The Balaban J connectivity index is 2.47. The van der Waals surface area contributed by atoms with Crippen LogP contribution in [-0.4, -0.2) is 36.4 Å². The van der Waals surface area contributed by atoms with Gasteiger partial charge in [0.05, 0.1) is 18.4 Å². The SMILES string of the molecule is CNc1ccc(C(=O)NCC(=O)NC(C)C)nc1. The van der Waals surface area contributed by atoms with Gasteiger partial charge in [0.1, 0.15) is 5.69 Å². The third kappa shape index (κ3) is 4.40. The fourth-order valence-corrected chi connectivity index (χ4v) is 1.30. The first kappa shape index (κ1) is 14.0. The van der Waals surface area contributed by atoms with Gasteiger partial charge in [-0.15, -0.1) is 0 Å². The summed E-state index contributed by atoms with van der Waals surface area (Å²) in [6, 6.07) is 3.40. The number of amides is 2. The lowest BCUT2D eigenvalue weighted by molar-refractivity contribution is -0.120. The summed E-state index contributed by atoms with van der Waals surface area (Å²) < 4.78 is 0. The molecular formula is C12H18N4O2. The van der Waals surface area contributed by atoms with E-state index < -0.39 is 0 Å². The zero-order valence-corrected chi connectivity index (χ0v) is 10.8. The molecule has 18 heavy (non-hydrogen) atoms. The monoisotopic (exact) mass is 250 g/mol. The number of pyridine rings is 1. The number of carbonyl (C=O) groups is 2. The summed E-state index contributed by atoms with van der Waals surface area (Å²) in [5.41, 5.74) is 1.11. The Morgan fingerprint density at radius 2 is 2.06 bits per heavy atom. The van der Waals surface area contributed by atoms with Crippen molar-refractivity contribution in [1.29, 1.82) is 0 Å². The summed E-state index contributed by atoms with van der Waals surface area (Å²) >= 11 is 0. The van der Waals surface area contributed by atoms with E-state index in [-0.39, 0.29) is 30.1 Å². The van der Waals surface area contributed by atoms with Crippen molar-refractivity contribution < 1.29 is 9.59 Å². The Labute approximate surface area is 106 Å². The topological polar surface area (TPSA) is 83.1 Å². The normalized spacial score (nSPS) is 10.0. The molecule has 2 amide bonds. The van der Waals surface area contributed by atoms with Crippen LogP contribution in [0, 0.1) is 0 Å². The molecule has 0 atom stereocenters. The van der Waals surface area contributed by atoms with Crippen molar-refractivity contribution in [2.45, 2.75) is 19.9 Å². The van der Waals surface area contributed by atoms with Crippen molar-refractivity contribution in [3.05, 3.63) is 24.0 Å². The maximum absolute atomic E-state index is 11.7. The maximum atomic E-state index is 11.7. The van der Waals surface area contributed by atoms with Crippen LogP contribution in [0.25, 0.3) is 0 Å². The number of nitrogens with one attached hydrogen (secondary N) is 3. The van der Waals surface area contributed by atoms with Gasteiger partial charge < -0.3 is 16.0 Å². The fourth-order valence-electron chi connectivity index (χ4n) is 1.30. The minimum absolute atomic E-state index is 0.0491. The Hall–Kier alpha value is -2.11. The van der Waals surface area contributed by atoms with Gasteiger partial charge >= 0.3 is 0 Å². The molecule has 0 aromatic carbocycles. The lowest BCUT2D eigenvalue weighted by Crippen LogP contribution is -2.40. The van der Waals surface area contributed by atoms with Gasteiger partial charge in [0, 0.05) is 13.1 Å². The molecule has 98 valence electrons. The van der Waals surface area contributed by atoms with E-state index in [0.29, 0.717) is 0 Å². The zero-order chi connectivity index (χ0) is 13.5. The highest BCUT2D eigenvalue weighted by atomic mass is 16.2. The smallest absolute Gasteiger partial charge is 0.270 e. The van der Waals surface area contributed by atoms with E-state index in [9.17, 15) is 9.59 Å². The van der Waals surface area contributed by atoms with Crippen molar-refractivity contribution in [3.63, 3.8) is 0 Å². The number of rotatable bonds is 5. The van der Waals surface area contributed by atoms with Crippen LogP contribution >= 0.6 is 0 Å². The number of hydrogen-bond donors (Lipinski definition) is 3. The highest BCUT2D eigenvalue weighted by molar-refractivity contribution is 5.95. The van der Waals surface area contributed by atoms with Gasteiger partial charge in [0.25, 0.3) is 5.91 Å². The van der Waals surface area contributed by atoms with E-state index >= 15 is 0 Å². The molecule has 0 spiro atoms. The first-order valence-corrected chi connectivity index (χ1v) is 5.74. The molecule has 3 N–H and O–H groups in total. The molecular weight excluding hydrogens is 232 g/mol. The van der Waals surface area contributed by atoms with E-state index in [0.717, 1.165) is 5.69 Å². The van der Waals surface area contributed by atoms with Crippen LogP contribution in [0.2, 0.25) is 0 Å². The fraction of sp³-hybridized carbons (Fsp3) is 0.417. The Morgan fingerprint density at radius 1 is 1.33 bits per heavy atom. The van der Waals surface area contributed by atoms with Gasteiger partial charge in [-0.05, 0) is 26.0 Å². The van der Waals surface area contributed by atoms with Crippen LogP contribution in [0.15, 0.2) is 18.3 Å². The van der Waals surface area contributed by atoms with Crippen molar-refractivity contribution in [1.82, 2.24) is 15.6 Å². The second kappa shape index (κ2) is 6.58. The number of nitrogens with zero attached hydrogens (tertiary/aromatic N) is 1. The summed E-state index contributed by atoms with van der Waals surface area (Å²) in [6.45, 7) is 3.67. The minimum Gasteiger partial charge on any atom is -0.387 e. The summed E-state index contributed by atoms with van der Waals surface area (Å²) in [5.74, 6) is -0.582. The third-order valence-corrected chi connectivity index (χ3v) is 2.14. The Bertz CT molecular complexity index is 415. The molecule has 1 rings (SSSR count). The molecule has 1 heterocycles. The molecule has 0 aliphatic heterocycles. The van der Waals surface area contributed by atoms with Gasteiger partial charge in [-0.1, -0.05) is 0 Å². The largest absolute Gasteiger partial charge is 0.387 e. The van der Waals surface area contributed by atoms with Crippen LogP contribution in [-0.2, 0) is 4.79 Å². The molecule has 0 saturated carbocycles. The van der Waals surface area contributed by atoms with Crippen LogP contribution in [0.1, 0.15) is 24.3 Å². The second-order valence-corrected chi connectivity index (χ2v) is 4.09. The molecule has 1 aromatic heterocycles. The standard InChI is InChI=1S/C12H18N4O2/c1-8(2)16-11(17)7-15-12(18)10-5-4-9(13-3)6-14-10/h4-6,8,13H,7H2,1-3H3,(H,15,18)(H,16,17). The highest BCUT2D eigenvalue weighted by Gasteiger charge is 2.09. The Kier molecular flexibility index (Phi) is 5.10. The molecule has 0 aliphatic rings. The number of aromatic nitrogens is 1. The highest BCUT2D eigenvalue weighted by Crippen LogP contribution is 2.04. The van der Waals surface area contributed by atoms with E-state index in [4.69, 9.17) is 0 Å². The molecule has 1 aromatic rings. The van der Waals surface area contributed by atoms with E-state index in [1.807, 2.05) is 13.8 Å². The van der Waals surface area contributed by atoms with Crippen LogP contribution in [0.3, 0.4) is 0 Å². The van der Waals surface area contributed by atoms with Crippen molar-refractivity contribution in [2.75, 3.05) is 18.9 Å². The van der Waals surface area contributed by atoms with Gasteiger partial charge in [-0.25, -0.2) is 4.98 Å². The van der Waals surface area contributed by atoms with E-state index in [1.54, 1.807) is 25.4 Å². The predicted molar refractivity (Wildman–Crippen MR) is 69.4 cm³/mol. The molecule has 6 nitrogen and oxygen atoms in total. The average Bonchev–Trinajstić information content (AvgIpc) is 2.35. The molecule has 0 radical (unpaired) electrons. The van der Waals surface area contributed by atoms with Gasteiger partial charge in [0.2, 0.25) is 5.91 Å². The zero-order valence-electron chi connectivity index (χ0n) is 10.8. The van der Waals surface area contributed by atoms with Crippen LogP contribution in [0.5, 0.6) is 0 Å². The third-order valence-electron chi connectivity index (χ3n) is 2.14. The first-order chi connectivity index (χ1) is 8.52. The van der Waals surface area contributed by atoms with Gasteiger partial charge in [-0.3, -0.25) is 9.59 Å². The lowest BCUT2D eigenvalue weighted by Gasteiger charge is -2.09. The number of hydrogen-bond acceptors (Lipinski definition) is 4.